The molecule has 8 heteroatoms. The number of hydrogen-bond donors (Lipinski definition) is 1. The second-order valence-electron chi connectivity index (χ2n) is 8.51. The summed E-state index contributed by atoms with van der Waals surface area (Å²) in [5.74, 6) is 1.48. The van der Waals surface area contributed by atoms with Gasteiger partial charge in [-0.3, -0.25) is 9.10 Å². The van der Waals surface area contributed by atoms with Crippen molar-refractivity contribution in [2.75, 3.05) is 31.3 Å². The minimum absolute atomic E-state index is 0.128. The van der Waals surface area contributed by atoms with E-state index in [0.717, 1.165) is 28.7 Å². The maximum Gasteiger partial charge on any atom is 0.232 e. The molecular formula is C25H36N2O5S. The fourth-order valence-electron chi connectivity index (χ4n) is 3.89. The fraction of sp³-hybridized carbons (Fsp3) is 0.480. The largest absolute Gasteiger partial charge is 0.496 e. The fourth-order valence-corrected chi connectivity index (χ4v) is 4.85. The van der Waals surface area contributed by atoms with Crippen LogP contribution in [-0.2, 0) is 14.8 Å². The molecule has 0 bridgehead atoms. The van der Waals surface area contributed by atoms with Gasteiger partial charge in [0, 0.05) is 13.0 Å². The van der Waals surface area contributed by atoms with Gasteiger partial charge in [-0.05, 0) is 67.1 Å². The van der Waals surface area contributed by atoms with Crippen LogP contribution in [0.15, 0.2) is 36.4 Å². The van der Waals surface area contributed by atoms with Gasteiger partial charge in [0.25, 0.3) is 0 Å². The summed E-state index contributed by atoms with van der Waals surface area (Å²) >= 11 is 0. The summed E-state index contributed by atoms with van der Waals surface area (Å²) in [6, 6.07) is 10.9. The Kier molecular flexibility index (Phi) is 9.16. The van der Waals surface area contributed by atoms with Gasteiger partial charge >= 0.3 is 0 Å². The van der Waals surface area contributed by atoms with Crippen molar-refractivity contribution < 1.29 is 22.7 Å². The minimum atomic E-state index is -3.53. The molecule has 0 saturated heterocycles. The van der Waals surface area contributed by atoms with E-state index < -0.39 is 10.0 Å². The number of sulfonamides is 1. The van der Waals surface area contributed by atoms with Gasteiger partial charge in [-0.1, -0.05) is 26.0 Å². The average molecular weight is 477 g/mol. The van der Waals surface area contributed by atoms with Gasteiger partial charge in [-0.15, -0.1) is 0 Å². The number of nitrogens with one attached hydrogen (secondary N) is 1. The quantitative estimate of drug-likeness (QED) is 0.514. The lowest BCUT2D eigenvalue weighted by molar-refractivity contribution is -0.121. The highest BCUT2D eigenvalue weighted by atomic mass is 32.2. The van der Waals surface area contributed by atoms with Crippen molar-refractivity contribution in [3.63, 3.8) is 0 Å². The Morgan fingerprint density at radius 1 is 1.03 bits per heavy atom. The van der Waals surface area contributed by atoms with Gasteiger partial charge in [-0.25, -0.2) is 8.42 Å². The molecule has 0 heterocycles. The van der Waals surface area contributed by atoms with E-state index in [-0.39, 0.29) is 24.9 Å². The van der Waals surface area contributed by atoms with Crippen molar-refractivity contribution in [1.82, 2.24) is 5.32 Å². The maximum absolute atomic E-state index is 12.6. The Balaban J connectivity index is 2.07. The number of methoxy groups -OCH3 is 2. The van der Waals surface area contributed by atoms with Crippen molar-refractivity contribution in [2.24, 2.45) is 0 Å². The van der Waals surface area contributed by atoms with Crippen molar-refractivity contribution in [3.8, 4) is 11.5 Å². The maximum atomic E-state index is 12.6. The van der Waals surface area contributed by atoms with Gasteiger partial charge in [0.2, 0.25) is 15.9 Å². The first-order valence-electron chi connectivity index (χ1n) is 11.1. The molecule has 2 aromatic carbocycles. The number of ether oxygens (including phenoxy) is 2. The highest BCUT2D eigenvalue weighted by molar-refractivity contribution is 7.92. The number of rotatable bonds is 11. The number of carbonyl (C=O) groups excluding carboxylic acids is 1. The molecule has 0 aromatic heterocycles. The lowest BCUT2D eigenvalue weighted by atomic mass is 9.93. The average Bonchev–Trinajstić information content (AvgIpc) is 2.75. The number of nitrogens with zero attached hydrogens (tertiary/aromatic N) is 1. The van der Waals surface area contributed by atoms with E-state index in [9.17, 15) is 13.2 Å². The van der Waals surface area contributed by atoms with Crippen LogP contribution in [0.4, 0.5) is 5.69 Å². The van der Waals surface area contributed by atoms with E-state index in [2.05, 4.69) is 25.2 Å². The standard InChI is InChI=1S/C25H36N2O5S/c1-17(2)20-16-21(18(3)15-24(20)32-6)19(4)26-25(28)13-10-14-27(33(7,29)30)22-11-8-9-12-23(22)31-5/h8-9,11-12,15-17,19H,10,13-14H2,1-7H3,(H,26,28)/t19-/m0/s1. The molecule has 0 saturated carbocycles. The molecule has 2 aromatic rings. The van der Waals surface area contributed by atoms with Crippen LogP contribution in [-0.4, -0.2) is 41.3 Å². The molecule has 0 aliphatic rings. The molecule has 0 aliphatic carbocycles. The first-order valence-corrected chi connectivity index (χ1v) is 12.9. The molecule has 0 fully saturated rings. The minimum Gasteiger partial charge on any atom is -0.496 e. The number of anilines is 1. The number of amides is 1. The van der Waals surface area contributed by atoms with Crippen LogP contribution in [0, 0.1) is 6.92 Å². The number of carbonyl (C=O) groups is 1. The van der Waals surface area contributed by atoms with Gasteiger partial charge < -0.3 is 14.8 Å². The van der Waals surface area contributed by atoms with Crippen LogP contribution in [0.5, 0.6) is 11.5 Å². The molecule has 33 heavy (non-hydrogen) atoms. The Morgan fingerprint density at radius 3 is 2.24 bits per heavy atom. The molecular weight excluding hydrogens is 440 g/mol. The number of para-hydroxylation sites is 2. The van der Waals surface area contributed by atoms with Crippen molar-refractivity contribution in [1.29, 1.82) is 0 Å². The smallest absolute Gasteiger partial charge is 0.232 e. The zero-order chi connectivity index (χ0) is 24.8. The summed E-state index contributed by atoms with van der Waals surface area (Å²) in [7, 11) is -0.367. The third kappa shape index (κ3) is 6.87. The van der Waals surface area contributed by atoms with Crippen molar-refractivity contribution >= 4 is 21.6 Å². The molecule has 0 aliphatic heterocycles. The third-order valence-corrected chi connectivity index (χ3v) is 6.78. The number of benzene rings is 2. The second kappa shape index (κ2) is 11.4. The van der Waals surface area contributed by atoms with Crippen LogP contribution in [0.1, 0.15) is 62.3 Å². The summed E-state index contributed by atoms with van der Waals surface area (Å²) < 4.78 is 36.9. The zero-order valence-corrected chi connectivity index (χ0v) is 21.5. The first kappa shape index (κ1) is 26.5. The van der Waals surface area contributed by atoms with Crippen molar-refractivity contribution in [3.05, 3.63) is 53.1 Å². The molecule has 0 unspecified atom stereocenters. The summed E-state index contributed by atoms with van der Waals surface area (Å²) in [5.41, 5.74) is 3.65. The second-order valence-corrected chi connectivity index (χ2v) is 10.4. The van der Waals surface area contributed by atoms with E-state index in [1.54, 1.807) is 31.4 Å². The Bertz CT molecular complexity index is 1070. The Hall–Kier alpha value is -2.74. The number of aryl methyl sites for hydroxylation is 1. The molecule has 1 atom stereocenters. The number of hydrogen-bond acceptors (Lipinski definition) is 5. The zero-order valence-electron chi connectivity index (χ0n) is 20.6. The highest BCUT2D eigenvalue weighted by Crippen LogP contribution is 2.32. The van der Waals surface area contributed by atoms with Crippen LogP contribution in [0.2, 0.25) is 0 Å². The van der Waals surface area contributed by atoms with E-state index in [1.165, 1.54) is 11.4 Å². The van der Waals surface area contributed by atoms with Crippen LogP contribution < -0.4 is 19.1 Å². The van der Waals surface area contributed by atoms with Crippen LogP contribution in [0.3, 0.4) is 0 Å². The lowest BCUT2D eigenvalue weighted by Gasteiger charge is -2.24. The molecule has 0 spiro atoms. The van der Waals surface area contributed by atoms with E-state index >= 15 is 0 Å². The van der Waals surface area contributed by atoms with Crippen LogP contribution >= 0.6 is 0 Å². The predicted octanol–water partition coefficient (Wildman–Crippen LogP) is 4.56. The van der Waals surface area contributed by atoms with Gasteiger partial charge in [0.1, 0.15) is 11.5 Å². The van der Waals surface area contributed by atoms with E-state index in [1.807, 2.05) is 19.9 Å². The lowest BCUT2D eigenvalue weighted by Crippen LogP contribution is -2.33. The normalized spacial score (nSPS) is 12.4. The monoisotopic (exact) mass is 476 g/mol. The molecule has 182 valence electrons. The van der Waals surface area contributed by atoms with E-state index in [0.29, 0.717) is 23.8 Å². The van der Waals surface area contributed by atoms with E-state index in [4.69, 9.17) is 9.47 Å². The van der Waals surface area contributed by atoms with Crippen LogP contribution in [0.25, 0.3) is 0 Å². The summed E-state index contributed by atoms with van der Waals surface area (Å²) in [4.78, 5) is 12.6. The predicted molar refractivity (Wildman–Crippen MR) is 133 cm³/mol. The third-order valence-electron chi connectivity index (χ3n) is 5.60. The summed E-state index contributed by atoms with van der Waals surface area (Å²) in [6.07, 6.45) is 1.74. The van der Waals surface area contributed by atoms with Gasteiger partial charge in [0.15, 0.2) is 0 Å². The van der Waals surface area contributed by atoms with Crippen molar-refractivity contribution in [2.45, 2.75) is 52.5 Å². The molecule has 0 radical (unpaired) electrons. The van der Waals surface area contributed by atoms with Gasteiger partial charge in [-0.2, -0.15) is 0 Å². The Morgan fingerprint density at radius 2 is 1.67 bits per heavy atom. The molecule has 1 amide bonds. The Labute approximate surface area is 198 Å². The summed E-state index contributed by atoms with van der Waals surface area (Å²) in [5, 5.41) is 3.04. The topological polar surface area (TPSA) is 84.9 Å². The highest BCUT2D eigenvalue weighted by Gasteiger charge is 2.21. The molecule has 1 N–H and O–H groups in total. The summed E-state index contributed by atoms with van der Waals surface area (Å²) in [6.45, 7) is 8.35. The molecule has 2 rings (SSSR count). The molecule has 7 nitrogen and oxygen atoms in total. The first-order chi connectivity index (χ1) is 15.5. The van der Waals surface area contributed by atoms with Gasteiger partial charge in [0.05, 0.1) is 32.2 Å². The SMILES string of the molecule is COc1cc(C)c([C@H](C)NC(=O)CCCN(c2ccccc2OC)S(C)(=O)=O)cc1C(C)C.